The second-order valence-electron chi connectivity index (χ2n) is 4.22. The van der Waals surface area contributed by atoms with Crippen molar-refractivity contribution in [2.24, 2.45) is 0 Å². The normalized spacial score (nSPS) is 14.0. The van der Waals surface area contributed by atoms with Crippen LogP contribution in [-0.4, -0.2) is 59.5 Å². The summed E-state index contributed by atoms with van der Waals surface area (Å²) in [5.74, 6) is 0. The van der Waals surface area contributed by atoms with E-state index < -0.39 is 0 Å². The lowest BCUT2D eigenvalue weighted by Crippen LogP contribution is -2.55. The van der Waals surface area contributed by atoms with E-state index in [0.29, 0.717) is 7.98 Å². The standard InChI is InChI=1S/C5H20B2N2/c1-8(2,3)7-9(4,5)6/h7H2,1-6H3. The number of quaternary nitrogens is 2. The highest BCUT2D eigenvalue weighted by molar-refractivity contribution is 6.25. The first-order chi connectivity index (χ1) is 3.71. The molecule has 0 amide bonds. The summed E-state index contributed by atoms with van der Waals surface area (Å²) >= 11 is 0. The van der Waals surface area contributed by atoms with Crippen molar-refractivity contribution in [1.82, 2.24) is 0 Å². The molecule has 0 aliphatic heterocycles. The quantitative estimate of drug-likeness (QED) is 0.381. The minimum Gasteiger partial charge on any atom is -0.683 e. The second-order valence-corrected chi connectivity index (χ2v) is 4.22. The molecule has 0 radical (unpaired) electrons. The molecule has 0 rings (SSSR count). The van der Waals surface area contributed by atoms with Gasteiger partial charge >= 0.3 is 7.55 Å². The van der Waals surface area contributed by atoms with Crippen molar-refractivity contribution in [2.75, 3.05) is 35.2 Å². The van der Waals surface area contributed by atoms with Crippen molar-refractivity contribution in [2.45, 2.75) is 0 Å². The summed E-state index contributed by atoms with van der Waals surface area (Å²) in [6.07, 6.45) is 0. The molecule has 0 unspecified atom stereocenters. The number of hydrogen-bond donors (Lipinski definition) is 0. The Morgan fingerprint density at radius 2 is 1.33 bits per heavy atom. The van der Waals surface area contributed by atoms with Gasteiger partial charge in [0.2, 0.25) is 0 Å². The number of nitrogens with zero attached hydrogens (tertiary/aromatic N) is 2. The zero-order valence-corrected chi connectivity index (χ0v) is 6.89. The highest BCUT2D eigenvalue weighted by Crippen LogP contribution is 1.93. The van der Waals surface area contributed by atoms with Crippen LogP contribution in [0.4, 0.5) is 0 Å². The van der Waals surface area contributed by atoms with Crippen LogP contribution in [0.15, 0.2) is 0 Å². The van der Waals surface area contributed by atoms with Crippen LogP contribution in [0.5, 0.6) is 0 Å². The van der Waals surface area contributed by atoms with Crippen LogP contribution in [-0.2, 0) is 0 Å². The summed E-state index contributed by atoms with van der Waals surface area (Å²) in [4.78, 5) is 0. The Morgan fingerprint density at radius 1 is 1.00 bits per heavy atom. The molecule has 2 nitrogen and oxygen atoms in total. The summed E-state index contributed by atoms with van der Waals surface area (Å²) in [5.41, 5.74) is 0. The van der Waals surface area contributed by atoms with E-state index in [4.69, 9.17) is 0 Å². The fourth-order valence-corrected chi connectivity index (χ4v) is 1.20. The average Bonchev–Trinajstić information content (AvgIpc) is 1.14. The van der Waals surface area contributed by atoms with Crippen LogP contribution in [0.25, 0.3) is 0 Å². The molecule has 0 N–H and O–H groups in total. The zero-order chi connectivity index (χ0) is 7.71. The van der Waals surface area contributed by atoms with Gasteiger partial charge in [-0.25, -0.2) is 0 Å². The van der Waals surface area contributed by atoms with Gasteiger partial charge in [0, 0.05) is 21.1 Å². The van der Waals surface area contributed by atoms with E-state index in [1.165, 1.54) is 8.70 Å². The van der Waals surface area contributed by atoms with Gasteiger partial charge in [-0.2, -0.15) is 0 Å². The lowest BCUT2D eigenvalue weighted by molar-refractivity contribution is -0.829. The molecule has 0 bridgehead atoms. The van der Waals surface area contributed by atoms with Crippen molar-refractivity contribution in [3.05, 3.63) is 0 Å². The fraction of sp³-hybridized carbons (Fsp3) is 1.00. The van der Waals surface area contributed by atoms with Gasteiger partial charge in [0.1, 0.15) is 7.98 Å². The van der Waals surface area contributed by atoms with Crippen molar-refractivity contribution in [3.8, 4) is 0 Å². The lowest BCUT2D eigenvalue weighted by atomic mass is 9.93. The summed E-state index contributed by atoms with van der Waals surface area (Å²) < 4.78 is 2.62. The van der Waals surface area contributed by atoms with Gasteiger partial charge in [0.15, 0.2) is 0 Å². The van der Waals surface area contributed by atoms with E-state index in [2.05, 4.69) is 35.2 Å². The topological polar surface area (TPSA) is 0 Å². The maximum absolute atomic E-state index is 2.38. The zero-order valence-electron chi connectivity index (χ0n) is 6.89. The molecule has 0 aromatic carbocycles. The minimum absolute atomic E-state index is 0.194. The van der Waals surface area contributed by atoms with E-state index in [1.807, 2.05) is 0 Å². The van der Waals surface area contributed by atoms with Gasteiger partial charge in [0.25, 0.3) is 0 Å². The molecule has 0 saturated carbocycles. The van der Waals surface area contributed by atoms with Crippen molar-refractivity contribution in [1.29, 1.82) is 0 Å². The third-order valence-corrected chi connectivity index (χ3v) is 1.000. The first kappa shape index (κ1) is 9.05. The van der Waals surface area contributed by atoms with Gasteiger partial charge in [0.05, 0.1) is 0 Å². The van der Waals surface area contributed by atoms with Crippen LogP contribution < -0.4 is 0 Å². The monoisotopic (exact) mass is 130 g/mol. The molecule has 0 atom stereocenters. The minimum atomic E-state index is 0.194. The largest absolute Gasteiger partial charge is 0.683 e. The third-order valence-electron chi connectivity index (χ3n) is 1.000. The Balaban J connectivity index is 3.75. The van der Waals surface area contributed by atoms with Gasteiger partial charge in [-0.05, 0) is 14.1 Å². The van der Waals surface area contributed by atoms with Gasteiger partial charge < -0.3 is 8.70 Å². The van der Waals surface area contributed by atoms with E-state index in [1.54, 1.807) is 0 Å². The molecule has 0 saturated heterocycles. The van der Waals surface area contributed by atoms with Crippen molar-refractivity contribution < 1.29 is 8.70 Å². The number of hydrogen-bond acceptors (Lipinski definition) is 0. The van der Waals surface area contributed by atoms with Crippen LogP contribution in [0.2, 0.25) is 0 Å². The third kappa shape index (κ3) is 8.05. The molecule has 0 spiro atoms. The predicted molar refractivity (Wildman–Crippen MR) is 48.6 cm³/mol. The molecular formula is C5H20B2N2. The molecule has 9 heavy (non-hydrogen) atoms. The smallest absolute Gasteiger partial charge is 0.344 e. The second kappa shape index (κ2) is 2.35. The van der Waals surface area contributed by atoms with Gasteiger partial charge in [-0.3, -0.25) is 0 Å². The Labute approximate surface area is 60.3 Å². The maximum Gasteiger partial charge on any atom is 0.344 e. The molecule has 0 aromatic rings. The van der Waals surface area contributed by atoms with E-state index in [9.17, 15) is 0 Å². The molecule has 0 aliphatic carbocycles. The van der Waals surface area contributed by atoms with E-state index >= 15 is 0 Å². The Kier molecular flexibility index (Phi) is 2.36. The molecule has 0 aliphatic rings. The summed E-state index contributed by atoms with van der Waals surface area (Å²) in [6.45, 7) is 0. The molecule has 0 aromatic heterocycles. The first-order valence-electron chi connectivity index (χ1n) is 3.13. The Morgan fingerprint density at radius 3 is 1.33 bits per heavy atom. The fourth-order valence-electron chi connectivity index (χ4n) is 1.20. The van der Waals surface area contributed by atoms with Gasteiger partial charge in [-0.1, -0.05) is 0 Å². The highest BCUT2D eigenvalue weighted by Gasteiger charge is 2.07. The maximum atomic E-state index is 2.38. The van der Waals surface area contributed by atoms with E-state index in [0.717, 1.165) is 0 Å². The molecule has 4 heteroatoms. The van der Waals surface area contributed by atoms with Gasteiger partial charge in [-0.15, -0.1) is 0 Å². The lowest BCUT2D eigenvalue weighted by Gasteiger charge is -2.49. The molecule has 0 heterocycles. The first-order valence-corrected chi connectivity index (χ1v) is 3.13. The van der Waals surface area contributed by atoms with Crippen LogP contribution >= 0.6 is 0 Å². The van der Waals surface area contributed by atoms with E-state index in [-0.39, 0.29) is 7.55 Å². The predicted octanol–water partition coefficient (Wildman–Crippen LogP) is -1.95. The Bertz CT molecular complexity index is 78.1. The van der Waals surface area contributed by atoms with Crippen molar-refractivity contribution >= 4 is 15.5 Å². The van der Waals surface area contributed by atoms with Crippen molar-refractivity contribution in [3.63, 3.8) is 0 Å². The molecule has 0 fully saturated rings. The number of rotatable bonds is 2. The molecule has 56 valence electrons. The highest BCUT2D eigenvalue weighted by atomic mass is 15.3. The Hall–Kier alpha value is 0.0499. The van der Waals surface area contributed by atoms with Crippen LogP contribution in [0.1, 0.15) is 0 Å². The summed E-state index contributed by atoms with van der Waals surface area (Å²) in [7, 11) is 12.4. The summed E-state index contributed by atoms with van der Waals surface area (Å²) in [5, 5.41) is 0. The molecular weight excluding hydrogens is 110 g/mol. The van der Waals surface area contributed by atoms with Crippen LogP contribution in [0, 0.1) is 0 Å². The van der Waals surface area contributed by atoms with Crippen LogP contribution in [0.3, 0.4) is 0 Å². The SMILES string of the molecule is [BH3-][N+](C)(C)[BH2-][N+](C)(C)C. The summed E-state index contributed by atoms with van der Waals surface area (Å²) in [6, 6.07) is 0. The average molecular weight is 130 g/mol.